The Bertz CT molecular complexity index is 3230. The molecule has 0 radical (unpaired) electrons. The SMILES string of the molecule is c1ccc(-c2ccc(-c3nc(-c4ccc(-c5cccc6oc7ccccc7c56)cc4)cc(-c4cccc(-c5cccc6oc7ccccc7c56)c4)n3)cc2)cc1. The van der Waals surface area contributed by atoms with Gasteiger partial charge in [0.1, 0.15) is 22.3 Å². The number of hydrogen-bond acceptors (Lipinski definition) is 4. The molecule has 0 unspecified atom stereocenters. The van der Waals surface area contributed by atoms with Crippen LogP contribution in [-0.2, 0) is 0 Å². The maximum absolute atomic E-state index is 6.24. The van der Waals surface area contributed by atoms with Gasteiger partial charge in [-0.3, -0.25) is 0 Å². The molecule has 0 bridgehead atoms. The Balaban J connectivity index is 1.03. The van der Waals surface area contributed by atoms with E-state index in [9.17, 15) is 0 Å². The predicted octanol–water partition coefficient (Wildman–Crippen LogP) is 14.3. The summed E-state index contributed by atoms with van der Waals surface area (Å²) in [7, 11) is 0. The van der Waals surface area contributed by atoms with Crippen molar-refractivity contribution in [3.8, 4) is 67.3 Å². The summed E-state index contributed by atoms with van der Waals surface area (Å²) in [6.45, 7) is 0. The number of benzene rings is 8. The topological polar surface area (TPSA) is 52.1 Å². The maximum Gasteiger partial charge on any atom is 0.160 e. The van der Waals surface area contributed by atoms with E-state index >= 15 is 0 Å². The summed E-state index contributed by atoms with van der Waals surface area (Å²) in [5.41, 5.74) is 15.0. The highest BCUT2D eigenvalue weighted by molar-refractivity contribution is 6.13. The highest BCUT2D eigenvalue weighted by atomic mass is 16.3. The van der Waals surface area contributed by atoms with Crippen molar-refractivity contribution in [2.45, 2.75) is 0 Å². The molecule has 262 valence electrons. The summed E-state index contributed by atoms with van der Waals surface area (Å²) in [5, 5.41) is 4.46. The van der Waals surface area contributed by atoms with E-state index in [1.165, 1.54) is 5.56 Å². The van der Waals surface area contributed by atoms with E-state index in [0.29, 0.717) is 5.82 Å². The first kappa shape index (κ1) is 31.9. The first-order chi connectivity index (χ1) is 27.7. The van der Waals surface area contributed by atoms with Gasteiger partial charge in [0.2, 0.25) is 0 Å². The van der Waals surface area contributed by atoms with Crippen molar-refractivity contribution >= 4 is 43.9 Å². The highest BCUT2D eigenvalue weighted by Crippen LogP contribution is 2.40. The van der Waals surface area contributed by atoms with Gasteiger partial charge in [0.15, 0.2) is 5.82 Å². The Hall–Kier alpha value is -7.56. The Labute approximate surface area is 323 Å². The molecule has 0 fully saturated rings. The number of aromatic nitrogens is 2. The second-order valence-corrected chi connectivity index (χ2v) is 14.1. The lowest BCUT2D eigenvalue weighted by molar-refractivity contribution is 0.668. The summed E-state index contributed by atoms with van der Waals surface area (Å²) >= 11 is 0. The first-order valence-corrected chi connectivity index (χ1v) is 18.8. The molecular formula is C52H32N2O2. The average molecular weight is 717 g/mol. The van der Waals surface area contributed by atoms with E-state index in [2.05, 4.69) is 152 Å². The summed E-state index contributed by atoms with van der Waals surface area (Å²) in [6.07, 6.45) is 0. The van der Waals surface area contributed by atoms with Gasteiger partial charge in [0.05, 0.1) is 11.4 Å². The molecule has 56 heavy (non-hydrogen) atoms. The quantitative estimate of drug-likeness (QED) is 0.172. The third-order valence-corrected chi connectivity index (χ3v) is 10.7. The fourth-order valence-electron chi connectivity index (χ4n) is 8.01. The van der Waals surface area contributed by atoms with Crippen molar-refractivity contribution in [3.63, 3.8) is 0 Å². The summed E-state index contributed by atoms with van der Waals surface area (Å²) in [5.74, 6) is 0.671. The van der Waals surface area contributed by atoms with E-state index in [4.69, 9.17) is 18.8 Å². The molecule has 11 rings (SSSR count). The lowest BCUT2D eigenvalue weighted by Crippen LogP contribution is -1.96. The summed E-state index contributed by atoms with van der Waals surface area (Å²) in [4.78, 5) is 10.4. The molecule has 3 aromatic heterocycles. The van der Waals surface area contributed by atoms with Gasteiger partial charge < -0.3 is 8.83 Å². The first-order valence-electron chi connectivity index (χ1n) is 18.8. The van der Waals surface area contributed by atoms with Crippen molar-refractivity contribution < 1.29 is 8.83 Å². The van der Waals surface area contributed by atoms with Crippen LogP contribution in [-0.4, -0.2) is 9.97 Å². The summed E-state index contributed by atoms with van der Waals surface area (Å²) < 4.78 is 12.4. The van der Waals surface area contributed by atoms with Crippen molar-refractivity contribution in [2.75, 3.05) is 0 Å². The minimum atomic E-state index is 0.671. The van der Waals surface area contributed by atoms with E-state index in [-0.39, 0.29) is 0 Å². The van der Waals surface area contributed by atoms with Gasteiger partial charge in [-0.1, -0.05) is 158 Å². The normalized spacial score (nSPS) is 11.6. The zero-order valence-electron chi connectivity index (χ0n) is 30.2. The molecule has 3 heterocycles. The molecule has 0 saturated heterocycles. The molecule has 0 aliphatic carbocycles. The number of hydrogen-bond donors (Lipinski definition) is 0. The van der Waals surface area contributed by atoms with Crippen LogP contribution in [0.25, 0.3) is 111 Å². The van der Waals surface area contributed by atoms with Gasteiger partial charge in [-0.15, -0.1) is 0 Å². The third-order valence-electron chi connectivity index (χ3n) is 10.7. The average Bonchev–Trinajstić information content (AvgIpc) is 3.86. The van der Waals surface area contributed by atoms with Crippen LogP contribution in [0.15, 0.2) is 203 Å². The van der Waals surface area contributed by atoms with Crippen LogP contribution in [0.1, 0.15) is 0 Å². The number of furan rings is 2. The third kappa shape index (κ3) is 5.47. The molecule has 0 aliphatic heterocycles. The molecule has 0 saturated carbocycles. The molecule has 0 aliphatic rings. The standard InChI is InChI=1S/C52H32N2O2/c1-2-11-33(12-3-1)34-23-29-37(30-24-34)52-53-44(36-27-25-35(26-28-36)40-17-9-21-48-50(40)42-15-4-6-19-46(42)55-48)32-45(54-52)39-14-8-13-38(31-39)41-18-10-22-49-51(41)43-16-5-7-20-47(43)56-49/h1-32H. The lowest BCUT2D eigenvalue weighted by atomic mass is 9.96. The van der Waals surface area contributed by atoms with Crippen molar-refractivity contribution in [2.24, 2.45) is 0 Å². The van der Waals surface area contributed by atoms with Gasteiger partial charge in [-0.2, -0.15) is 0 Å². The molecule has 0 spiro atoms. The molecule has 4 heteroatoms. The minimum Gasteiger partial charge on any atom is -0.456 e. The van der Waals surface area contributed by atoms with Crippen LogP contribution in [0.3, 0.4) is 0 Å². The zero-order valence-corrected chi connectivity index (χ0v) is 30.2. The fraction of sp³-hybridized carbons (Fsp3) is 0. The van der Waals surface area contributed by atoms with Crippen LogP contribution in [0, 0.1) is 0 Å². The van der Waals surface area contributed by atoms with Gasteiger partial charge >= 0.3 is 0 Å². The molecular weight excluding hydrogens is 685 g/mol. The van der Waals surface area contributed by atoms with E-state index in [0.717, 1.165) is 99.8 Å². The minimum absolute atomic E-state index is 0.671. The van der Waals surface area contributed by atoms with Gasteiger partial charge in [-0.25, -0.2) is 9.97 Å². The smallest absolute Gasteiger partial charge is 0.160 e. The van der Waals surface area contributed by atoms with Crippen LogP contribution in [0.5, 0.6) is 0 Å². The molecule has 11 aromatic rings. The van der Waals surface area contributed by atoms with Crippen molar-refractivity contribution in [1.29, 1.82) is 0 Å². The second-order valence-electron chi connectivity index (χ2n) is 14.1. The van der Waals surface area contributed by atoms with Crippen LogP contribution in [0.2, 0.25) is 0 Å². The molecule has 0 amide bonds. The number of para-hydroxylation sites is 2. The molecule has 0 atom stereocenters. The second kappa shape index (κ2) is 13.1. The number of rotatable bonds is 6. The Morgan fingerprint density at radius 1 is 0.286 bits per heavy atom. The zero-order chi connectivity index (χ0) is 37.0. The van der Waals surface area contributed by atoms with Gasteiger partial charge in [0.25, 0.3) is 0 Å². The van der Waals surface area contributed by atoms with E-state index < -0.39 is 0 Å². The predicted molar refractivity (Wildman–Crippen MR) is 229 cm³/mol. The van der Waals surface area contributed by atoms with Crippen LogP contribution < -0.4 is 0 Å². The van der Waals surface area contributed by atoms with Crippen LogP contribution in [0.4, 0.5) is 0 Å². The van der Waals surface area contributed by atoms with Crippen molar-refractivity contribution in [1.82, 2.24) is 9.97 Å². The lowest BCUT2D eigenvalue weighted by Gasteiger charge is -2.12. The maximum atomic E-state index is 6.24. The molecule has 4 nitrogen and oxygen atoms in total. The van der Waals surface area contributed by atoms with E-state index in [1.807, 2.05) is 42.5 Å². The number of fused-ring (bicyclic) bond motifs is 6. The monoisotopic (exact) mass is 716 g/mol. The Morgan fingerprint density at radius 2 is 0.732 bits per heavy atom. The molecule has 0 N–H and O–H groups in total. The van der Waals surface area contributed by atoms with Gasteiger partial charge in [0, 0.05) is 38.2 Å². The largest absolute Gasteiger partial charge is 0.456 e. The van der Waals surface area contributed by atoms with Gasteiger partial charge in [-0.05, 0) is 69.8 Å². The van der Waals surface area contributed by atoms with Crippen molar-refractivity contribution in [3.05, 3.63) is 194 Å². The van der Waals surface area contributed by atoms with Crippen LogP contribution >= 0.6 is 0 Å². The summed E-state index contributed by atoms with van der Waals surface area (Å²) in [6, 6.07) is 67.3. The van der Waals surface area contributed by atoms with E-state index in [1.54, 1.807) is 0 Å². The Kier molecular flexibility index (Phi) is 7.46. The highest BCUT2D eigenvalue weighted by Gasteiger charge is 2.16. The molecule has 8 aromatic carbocycles. The number of nitrogens with zero attached hydrogens (tertiary/aromatic N) is 2. The Morgan fingerprint density at radius 3 is 1.39 bits per heavy atom. The fourth-order valence-corrected chi connectivity index (χ4v) is 8.01.